The van der Waals surface area contributed by atoms with Crippen LogP contribution in [-0.2, 0) is 21.8 Å². The first-order valence-corrected chi connectivity index (χ1v) is 7.98. The Balaban J connectivity index is 2.11. The Hall–Kier alpha value is -3.63. The van der Waals surface area contributed by atoms with E-state index >= 15 is 0 Å². The van der Waals surface area contributed by atoms with Crippen molar-refractivity contribution in [2.45, 2.75) is 12.4 Å². The van der Waals surface area contributed by atoms with Crippen LogP contribution in [0.25, 0.3) is 16.9 Å². The van der Waals surface area contributed by atoms with Gasteiger partial charge in [-0.05, 0) is 35.4 Å². The minimum atomic E-state index is -5.19. The molecule has 30 heavy (non-hydrogen) atoms. The van der Waals surface area contributed by atoms with E-state index in [-0.39, 0.29) is 17.4 Å². The lowest BCUT2D eigenvalue weighted by Gasteiger charge is -2.19. The number of hydrogen-bond acceptors (Lipinski definition) is 5. The molecule has 5 nitrogen and oxygen atoms in total. The fourth-order valence-electron chi connectivity index (χ4n) is 3.27. The minimum absolute atomic E-state index is 0.253. The maximum absolute atomic E-state index is 13.7. The highest BCUT2D eigenvalue weighted by atomic mass is 19.4. The number of cyclic esters (lactones) is 3. The number of alkyl halides is 6. The molecule has 2 heterocycles. The number of fused-ring (bicyclic) bond motifs is 2. The van der Waals surface area contributed by atoms with Crippen LogP contribution in [0.4, 0.5) is 26.3 Å². The first kappa shape index (κ1) is 19.7. The maximum atomic E-state index is 13.7. The Bertz CT molecular complexity index is 1100. The van der Waals surface area contributed by atoms with E-state index in [1.165, 1.54) is 0 Å². The van der Waals surface area contributed by atoms with Gasteiger partial charge in [0.15, 0.2) is 0 Å². The van der Waals surface area contributed by atoms with E-state index in [2.05, 4.69) is 16.1 Å². The smallest absolute Gasteiger partial charge is 0.417 e. The fourth-order valence-corrected chi connectivity index (χ4v) is 3.27. The topological polar surface area (TPSA) is 69.7 Å². The molecule has 0 bridgehead atoms. The third-order valence-corrected chi connectivity index (χ3v) is 4.58. The first-order chi connectivity index (χ1) is 13.8. The molecule has 2 aliphatic rings. The molecule has 0 saturated carbocycles. The summed E-state index contributed by atoms with van der Waals surface area (Å²) in [5.74, 6) is -4.12. The van der Waals surface area contributed by atoms with Gasteiger partial charge in [-0.25, -0.2) is 14.4 Å². The molecule has 0 aromatic heterocycles. The molecular weight excluding hydrogens is 422 g/mol. The Morgan fingerprint density at radius 1 is 0.567 bits per heavy atom. The van der Waals surface area contributed by atoms with Crippen molar-refractivity contribution in [3.05, 3.63) is 64.2 Å². The maximum Gasteiger partial charge on any atom is 0.417 e. The number of esters is 3. The molecule has 0 N–H and O–H groups in total. The summed E-state index contributed by atoms with van der Waals surface area (Å²) in [7, 11) is 0. The number of carbonyl (C=O) groups is 3. The van der Waals surface area contributed by atoms with Crippen LogP contribution in [0.5, 0.6) is 0 Å². The predicted molar refractivity (Wildman–Crippen MR) is 86.1 cm³/mol. The zero-order valence-corrected chi connectivity index (χ0v) is 14.3. The van der Waals surface area contributed by atoms with Crippen molar-refractivity contribution in [2.75, 3.05) is 0 Å². The van der Waals surface area contributed by atoms with Crippen LogP contribution in [0.2, 0.25) is 0 Å². The Labute approximate surface area is 162 Å². The lowest BCUT2D eigenvalue weighted by molar-refractivity contribution is -0.139. The summed E-state index contributed by atoms with van der Waals surface area (Å²) in [6, 6.07) is 1.80. The van der Waals surface area contributed by atoms with E-state index < -0.39 is 69.2 Å². The molecule has 11 heteroatoms. The largest absolute Gasteiger partial charge is 0.423 e. The molecule has 0 fully saturated rings. The molecule has 0 amide bonds. The van der Waals surface area contributed by atoms with E-state index in [1.807, 2.05) is 0 Å². The number of carbonyl (C=O) groups excluding carboxylic acids is 3. The fraction of sp³-hybridized carbons (Fsp3) is 0.105. The summed E-state index contributed by atoms with van der Waals surface area (Å²) in [5, 5.41) is 0. The SMILES string of the molecule is C=C1OC(=O)c2cc(-c3cc4c(cc3C(F)(F)F)C(=O)OC4=O)c(C(F)(F)F)cc21. The van der Waals surface area contributed by atoms with Gasteiger partial charge in [0.1, 0.15) is 5.76 Å². The van der Waals surface area contributed by atoms with Crippen LogP contribution in [0, 0.1) is 0 Å². The lowest BCUT2D eigenvalue weighted by atomic mass is 9.88. The highest BCUT2D eigenvalue weighted by Gasteiger charge is 2.43. The van der Waals surface area contributed by atoms with Crippen LogP contribution in [0.3, 0.4) is 0 Å². The molecule has 0 radical (unpaired) electrons. The number of ether oxygens (including phenoxy) is 2. The van der Waals surface area contributed by atoms with Crippen LogP contribution in [0.15, 0.2) is 30.8 Å². The van der Waals surface area contributed by atoms with Crippen molar-refractivity contribution in [3.8, 4) is 11.1 Å². The van der Waals surface area contributed by atoms with Crippen molar-refractivity contribution in [1.29, 1.82) is 0 Å². The van der Waals surface area contributed by atoms with Gasteiger partial charge in [0.25, 0.3) is 0 Å². The van der Waals surface area contributed by atoms with Crippen molar-refractivity contribution in [1.82, 2.24) is 0 Å². The van der Waals surface area contributed by atoms with Crippen molar-refractivity contribution in [3.63, 3.8) is 0 Å². The third kappa shape index (κ3) is 2.85. The van der Waals surface area contributed by atoms with Crippen molar-refractivity contribution < 1.29 is 50.2 Å². The quantitative estimate of drug-likeness (QED) is 0.369. The number of hydrogen-bond donors (Lipinski definition) is 0. The Kier molecular flexibility index (Phi) is 3.90. The monoisotopic (exact) mass is 428 g/mol. The normalized spacial score (nSPS) is 15.8. The summed E-state index contributed by atoms with van der Waals surface area (Å²) in [5.41, 5.74) is -7.27. The standard InChI is InChI=1S/C19H6F6O5/c1-6-7-4-13(18(20,21)22)8(2-10(7)15(26)29-6)9-3-11-12(17(28)30-16(11)27)5-14(9)19(23,24)25/h2-5H,1H2. The van der Waals surface area contributed by atoms with Crippen molar-refractivity contribution >= 4 is 23.7 Å². The molecule has 0 atom stereocenters. The van der Waals surface area contributed by atoms with E-state index in [1.54, 1.807) is 0 Å². The van der Waals surface area contributed by atoms with Gasteiger partial charge in [0.2, 0.25) is 0 Å². The molecule has 2 aromatic carbocycles. The van der Waals surface area contributed by atoms with Gasteiger partial charge < -0.3 is 9.47 Å². The number of halogens is 6. The molecule has 0 unspecified atom stereocenters. The lowest BCUT2D eigenvalue weighted by Crippen LogP contribution is -2.14. The number of benzene rings is 2. The molecular formula is C19H6F6O5. The first-order valence-electron chi connectivity index (χ1n) is 7.98. The molecule has 4 rings (SSSR count). The average molecular weight is 428 g/mol. The Morgan fingerprint density at radius 2 is 0.933 bits per heavy atom. The summed E-state index contributed by atoms with van der Waals surface area (Å²) in [6.07, 6.45) is -10.3. The molecule has 2 aliphatic heterocycles. The van der Waals surface area contributed by atoms with Gasteiger partial charge in [-0.3, -0.25) is 0 Å². The summed E-state index contributed by atoms with van der Waals surface area (Å²) < 4.78 is 90.9. The van der Waals surface area contributed by atoms with Crippen LogP contribution < -0.4 is 0 Å². The minimum Gasteiger partial charge on any atom is -0.423 e. The third-order valence-electron chi connectivity index (χ3n) is 4.58. The second-order valence-corrected chi connectivity index (χ2v) is 6.37. The zero-order chi connectivity index (χ0) is 22.2. The highest BCUT2D eigenvalue weighted by Crippen LogP contribution is 2.46. The van der Waals surface area contributed by atoms with Gasteiger partial charge in [-0.2, -0.15) is 26.3 Å². The number of rotatable bonds is 1. The molecule has 0 aliphatic carbocycles. The molecule has 154 valence electrons. The van der Waals surface area contributed by atoms with Gasteiger partial charge in [0.05, 0.1) is 27.8 Å². The summed E-state index contributed by atoms with van der Waals surface area (Å²) in [6.45, 7) is 3.30. The summed E-state index contributed by atoms with van der Waals surface area (Å²) in [4.78, 5) is 35.2. The second kappa shape index (κ2) is 5.94. The molecule has 2 aromatic rings. The van der Waals surface area contributed by atoms with Crippen LogP contribution >= 0.6 is 0 Å². The van der Waals surface area contributed by atoms with Crippen LogP contribution in [-0.4, -0.2) is 17.9 Å². The zero-order valence-electron chi connectivity index (χ0n) is 14.3. The van der Waals surface area contributed by atoms with Gasteiger partial charge in [-0.15, -0.1) is 0 Å². The Morgan fingerprint density at radius 3 is 1.40 bits per heavy atom. The van der Waals surface area contributed by atoms with E-state index in [0.717, 1.165) is 0 Å². The van der Waals surface area contributed by atoms with E-state index in [4.69, 9.17) is 0 Å². The van der Waals surface area contributed by atoms with Crippen LogP contribution in [0.1, 0.15) is 47.8 Å². The van der Waals surface area contributed by atoms with E-state index in [0.29, 0.717) is 18.2 Å². The molecule has 0 spiro atoms. The highest BCUT2D eigenvalue weighted by molar-refractivity contribution is 6.15. The van der Waals surface area contributed by atoms with Gasteiger partial charge in [-0.1, -0.05) is 6.58 Å². The summed E-state index contributed by atoms with van der Waals surface area (Å²) >= 11 is 0. The average Bonchev–Trinajstić information content (AvgIpc) is 3.07. The second-order valence-electron chi connectivity index (χ2n) is 6.37. The van der Waals surface area contributed by atoms with Crippen molar-refractivity contribution in [2.24, 2.45) is 0 Å². The van der Waals surface area contributed by atoms with Gasteiger partial charge in [0, 0.05) is 5.56 Å². The predicted octanol–water partition coefficient (Wildman–Crippen LogP) is 4.84. The molecule has 0 saturated heterocycles. The van der Waals surface area contributed by atoms with E-state index in [9.17, 15) is 40.7 Å². The van der Waals surface area contributed by atoms with Gasteiger partial charge >= 0.3 is 30.3 Å².